The number of alkyl halides is 3. The number of rotatable bonds is 8. The van der Waals surface area contributed by atoms with Gasteiger partial charge < -0.3 is 19.5 Å². The predicted molar refractivity (Wildman–Crippen MR) is 119 cm³/mol. The molecule has 33 heavy (non-hydrogen) atoms. The van der Waals surface area contributed by atoms with E-state index in [1.165, 1.54) is 38.5 Å². The van der Waals surface area contributed by atoms with Gasteiger partial charge in [0.05, 0.1) is 19.8 Å². The molecule has 1 N–H and O–H groups in total. The maximum absolute atomic E-state index is 12.6. The molecule has 1 amide bonds. The van der Waals surface area contributed by atoms with Crippen LogP contribution in [0.1, 0.15) is 16.7 Å². The number of benzene rings is 3. The van der Waals surface area contributed by atoms with Crippen molar-refractivity contribution in [2.24, 2.45) is 0 Å². The van der Waals surface area contributed by atoms with Gasteiger partial charge in [0.1, 0.15) is 6.61 Å². The summed E-state index contributed by atoms with van der Waals surface area (Å²) in [6, 6.07) is 17.2. The number of halogens is 3. The standard InChI is InChI=1S/C25H22F3NO4/c1-31-21-14-18(15-22(32-2)24(21)33-16-17-6-4-3-5-7-17)8-13-23(30)29-20-11-9-19(10-12-20)25(26,27)28/h3-15H,16H2,1-2H3,(H,29,30)/b13-8+. The third kappa shape index (κ3) is 6.52. The lowest BCUT2D eigenvalue weighted by Crippen LogP contribution is -2.09. The highest BCUT2D eigenvalue weighted by molar-refractivity contribution is 6.02. The van der Waals surface area contributed by atoms with E-state index < -0.39 is 17.6 Å². The van der Waals surface area contributed by atoms with Crippen LogP contribution >= 0.6 is 0 Å². The van der Waals surface area contributed by atoms with Crippen molar-refractivity contribution in [3.8, 4) is 17.2 Å². The fourth-order valence-corrected chi connectivity index (χ4v) is 2.97. The van der Waals surface area contributed by atoms with E-state index in [0.29, 0.717) is 29.4 Å². The number of amides is 1. The maximum atomic E-state index is 12.6. The minimum atomic E-state index is -4.43. The summed E-state index contributed by atoms with van der Waals surface area (Å²) in [6.07, 6.45) is -1.64. The topological polar surface area (TPSA) is 56.8 Å². The molecule has 3 aromatic rings. The molecule has 0 aliphatic heterocycles. The number of ether oxygens (including phenoxy) is 3. The molecule has 0 atom stereocenters. The molecule has 0 saturated heterocycles. The van der Waals surface area contributed by atoms with Gasteiger partial charge in [-0.2, -0.15) is 13.2 Å². The first-order valence-electron chi connectivity index (χ1n) is 9.89. The van der Waals surface area contributed by atoms with Gasteiger partial charge >= 0.3 is 6.18 Å². The van der Waals surface area contributed by atoms with Crippen molar-refractivity contribution in [1.29, 1.82) is 0 Å². The first kappa shape index (κ1) is 23.7. The van der Waals surface area contributed by atoms with Crippen LogP contribution in [-0.4, -0.2) is 20.1 Å². The molecule has 5 nitrogen and oxygen atoms in total. The normalized spacial score (nSPS) is 11.3. The number of nitrogens with one attached hydrogen (secondary N) is 1. The summed E-state index contributed by atoms with van der Waals surface area (Å²) in [5.41, 5.74) is 1.05. The number of carbonyl (C=O) groups excluding carboxylic acids is 1. The average molecular weight is 457 g/mol. The van der Waals surface area contributed by atoms with E-state index in [1.54, 1.807) is 12.1 Å². The monoisotopic (exact) mass is 457 g/mol. The molecular weight excluding hydrogens is 435 g/mol. The van der Waals surface area contributed by atoms with Crippen LogP contribution in [0.2, 0.25) is 0 Å². The van der Waals surface area contributed by atoms with Gasteiger partial charge in [0.2, 0.25) is 11.7 Å². The fraction of sp³-hybridized carbons (Fsp3) is 0.160. The molecule has 3 rings (SSSR count). The van der Waals surface area contributed by atoms with E-state index >= 15 is 0 Å². The quantitative estimate of drug-likeness (QED) is 0.425. The Bertz CT molecular complexity index is 1090. The van der Waals surface area contributed by atoms with Crippen LogP contribution in [0.5, 0.6) is 17.2 Å². The molecule has 0 fully saturated rings. The lowest BCUT2D eigenvalue weighted by molar-refractivity contribution is -0.137. The zero-order valence-corrected chi connectivity index (χ0v) is 18.0. The van der Waals surface area contributed by atoms with Gasteiger partial charge in [0, 0.05) is 11.8 Å². The highest BCUT2D eigenvalue weighted by atomic mass is 19.4. The van der Waals surface area contributed by atoms with E-state index in [9.17, 15) is 18.0 Å². The van der Waals surface area contributed by atoms with Gasteiger partial charge in [-0.1, -0.05) is 30.3 Å². The van der Waals surface area contributed by atoms with Crippen LogP contribution in [0.15, 0.2) is 72.8 Å². The van der Waals surface area contributed by atoms with Gasteiger partial charge in [-0.05, 0) is 53.6 Å². The molecule has 0 aromatic heterocycles. The van der Waals surface area contributed by atoms with Crippen LogP contribution in [0.4, 0.5) is 18.9 Å². The third-order valence-electron chi connectivity index (χ3n) is 4.62. The van der Waals surface area contributed by atoms with Crippen LogP contribution in [0.25, 0.3) is 6.08 Å². The minimum absolute atomic E-state index is 0.248. The van der Waals surface area contributed by atoms with Crippen molar-refractivity contribution in [2.45, 2.75) is 12.8 Å². The highest BCUT2D eigenvalue weighted by Crippen LogP contribution is 2.39. The number of methoxy groups -OCH3 is 2. The van der Waals surface area contributed by atoms with E-state index in [1.807, 2.05) is 30.3 Å². The molecular formula is C25H22F3NO4. The molecule has 172 valence electrons. The molecule has 0 heterocycles. The molecule has 3 aromatic carbocycles. The Morgan fingerprint density at radius 2 is 1.55 bits per heavy atom. The number of carbonyl (C=O) groups is 1. The van der Waals surface area contributed by atoms with Crippen molar-refractivity contribution in [3.63, 3.8) is 0 Å². The number of hydrogen-bond donors (Lipinski definition) is 1. The fourth-order valence-electron chi connectivity index (χ4n) is 2.97. The summed E-state index contributed by atoms with van der Waals surface area (Å²) in [7, 11) is 2.99. The molecule has 0 unspecified atom stereocenters. The molecule has 0 spiro atoms. The van der Waals surface area contributed by atoms with Gasteiger partial charge in [0.15, 0.2) is 11.5 Å². The molecule has 0 aliphatic rings. The van der Waals surface area contributed by atoms with Crippen LogP contribution < -0.4 is 19.5 Å². The summed E-state index contributed by atoms with van der Waals surface area (Å²) in [4.78, 5) is 12.2. The Balaban J connectivity index is 1.71. The molecule has 8 heteroatoms. The molecule has 0 aliphatic carbocycles. The SMILES string of the molecule is COc1cc(/C=C/C(=O)Nc2ccc(C(F)(F)F)cc2)cc(OC)c1OCc1ccccc1. The molecule has 0 saturated carbocycles. The predicted octanol–water partition coefficient (Wildman–Crippen LogP) is 5.95. The van der Waals surface area contributed by atoms with E-state index in [-0.39, 0.29) is 5.69 Å². The Morgan fingerprint density at radius 3 is 2.09 bits per heavy atom. The Hall–Kier alpha value is -3.94. The van der Waals surface area contributed by atoms with Crippen LogP contribution in [0, 0.1) is 0 Å². The largest absolute Gasteiger partial charge is 0.493 e. The zero-order valence-electron chi connectivity index (χ0n) is 18.0. The van der Waals surface area contributed by atoms with Crippen molar-refractivity contribution in [2.75, 3.05) is 19.5 Å². The maximum Gasteiger partial charge on any atom is 0.416 e. The molecule has 0 radical (unpaired) electrons. The summed E-state index contributed by atoms with van der Waals surface area (Å²) in [5.74, 6) is 0.772. The van der Waals surface area contributed by atoms with E-state index in [0.717, 1.165) is 17.7 Å². The van der Waals surface area contributed by atoms with Gasteiger partial charge in [0.25, 0.3) is 0 Å². The van der Waals surface area contributed by atoms with Crippen LogP contribution in [-0.2, 0) is 17.6 Å². The Kier molecular flexibility index (Phi) is 7.61. The number of hydrogen-bond acceptors (Lipinski definition) is 4. The van der Waals surface area contributed by atoms with Crippen molar-refractivity contribution in [3.05, 3.63) is 89.5 Å². The summed E-state index contributed by atoms with van der Waals surface area (Å²) in [6.45, 7) is 0.318. The van der Waals surface area contributed by atoms with Gasteiger partial charge in [-0.25, -0.2) is 0 Å². The molecule has 0 bridgehead atoms. The summed E-state index contributed by atoms with van der Waals surface area (Å²) >= 11 is 0. The second kappa shape index (κ2) is 10.6. The van der Waals surface area contributed by atoms with Crippen molar-refractivity contribution in [1.82, 2.24) is 0 Å². The Morgan fingerprint density at radius 1 is 0.939 bits per heavy atom. The van der Waals surface area contributed by atoms with Crippen molar-refractivity contribution >= 4 is 17.7 Å². The first-order valence-corrected chi connectivity index (χ1v) is 9.89. The van der Waals surface area contributed by atoms with Gasteiger partial charge in [-0.3, -0.25) is 4.79 Å². The third-order valence-corrected chi connectivity index (χ3v) is 4.62. The Labute approximate surface area is 189 Å². The minimum Gasteiger partial charge on any atom is -0.493 e. The van der Waals surface area contributed by atoms with Crippen LogP contribution in [0.3, 0.4) is 0 Å². The lowest BCUT2D eigenvalue weighted by atomic mass is 10.1. The van der Waals surface area contributed by atoms with Gasteiger partial charge in [-0.15, -0.1) is 0 Å². The van der Waals surface area contributed by atoms with E-state index in [2.05, 4.69) is 5.32 Å². The second-order valence-corrected chi connectivity index (χ2v) is 6.93. The summed E-state index contributed by atoms with van der Waals surface area (Å²) in [5, 5.41) is 2.52. The number of anilines is 1. The highest BCUT2D eigenvalue weighted by Gasteiger charge is 2.29. The summed E-state index contributed by atoms with van der Waals surface area (Å²) < 4.78 is 54.7. The van der Waals surface area contributed by atoms with Crippen molar-refractivity contribution < 1.29 is 32.2 Å². The zero-order chi connectivity index (χ0) is 23.8. The smallest absolute Gasteiger partial charge is 0.416 e. The van der Waals surface area contributed by atoms with E-state index in [4.69, 9.17) is 14.2 Å². The second-order valence-electron chi connectivity index (χ2n) is 6.93. The lowest BCUT2D eigenvalue weighted by Gasteiger charge is -2.15. The first-order chi connectivity index (χ1) is 15.8. The average Bonchev–Trinajstić information content (AvgIpc) is 2.81.